The third-order valence-electron chi connectivity index (χ3n) is 16.3. The molecule has 18 heteroatoms. The average Bonchev–Trinajstić information content (AvgIpc) is 0.980. The van der Waals surface area contributed by atoms with E-state index in [-0.39, 0.29) is 19.3 Å². The van der Waals surface area contributed by atoms with Gasteiger partial charge in [0.05, 0.1) is 26.4 Å². The molecule has 0 aromatic carbocycles. The van der Waals surface area contributed by atoms with E-state index in [1.54, 1.807) is 0 Å². The van der Waals surface area contributed by atoms with Crippen molar-refractivity contribution in [2.75, 3.05) is 39.6 Å². The maximum Gasteiger partial charge on any atom is 0.472 e. The molecule has 0 fully saturated rings. The van der Waals surface area contributed by atoms with Crippen LogP contribution in [-0.2, 0) is 55.8 Å². The highest BCUT2D eigenvalue weighted by Gasteiger charge is 2.29. The first-order valence-electron chi connectivity index (χ1n) is 39.5. The van der Waals surface area contributed by atoms with E-state index in [9.17, 15) is 43.5 Å². The molecule has 4 N–H and O–H groups in total. The molecule has 0 radical (unpaired) electrons. The molecule has 0 saturated heterocycles. The molecular weight excluding hydrogens is 1310 g/mol. The summed E-state index contributed by atoms with van der Waals surface area (Å²) in [4.78, 5) is 58.6. The maximum atomic E-state index is 12.9. The van der Waals surface area contributed by atoms with Gasteiger partial charge in [-0.15, -0.1) is 0 Å². The van der Waals surface area contributed by atoms with Crippen LogP contribution in [0.3, 0.4) is 0 Å². The monoisotopic (exact) mass is 1460 g/mol. The van der Waals surface area contributed by atoms with Gasteiger partial charge in [0.1, 0.15) is 25.4 Å². The molecular formula is C83H142O16P2. The first-order valence-corrected chi connectivity index (χ1v) is 42.5. The minimum atomic E-state index is -4.94. The molecule has 0 rings (SSSR count). The Hall–Kier alpha value is -4.31. The molecule has 0 aliphatic heterocycles. The molecule has 0 spiro atoms. The number of aliphatic hydroxyl groups excluding tert-OH is 2. The third kappa shape index (κ3) is 76.6. The van der Waals surface area contributed by atoms with E-state index in [1.165, 1.54) is 96.3 Å². The van der Waals surface area contributed by atoms with E-state index in [0.717, 1.165) is 161 Å². The number of hydrogen-bond acceptors (Lipinski definition) is 14. The van der Waals surface area contributed by atoms with Gasteiger partial charge in [-0.05, 0) is 135 Å². The van der Waals surface area contributed by atoms with Crippen molar-refractivity contribution >= 4 is 33.6 Å². The first kappa shape index (κ1) is 96.7. The maximum absolute atomic E-state index is 12.9. The minimum absolute atomic E-state index is 0.0799. The molecule has 5 unspecified atom stereocenters. The summed E-state index contributed by atoms with van der Waals surface area (Å²) in [5.41, 5.74) is 0. The fourth-order valence-electron chi connectivity index (χ4n) is 10.4. The van der Waals surface area contributed by atoms with Gasteiger partial charge >= 0.3 is 33.6 Å². The highest BCUT2D eigenvalue weighted by atomic mass is 31.2. The Kier molecular flexibility index (Phi) is 72.2. The molecule has 0 aromatic rings. The van der Waals surface area contributed by atoms with Crippen molar-refractivity contribution in [3.8, 4) is 0 Å². The van der Waals surface area contributed by atoms with E-state index in [0.29, 0.717) is 19.3 Å². The second-order valence-corrected chi connectivity index (χ2v) is 29.0. The Morgan fingerprint density at radius 1 is 0.287 bits per heavy atom. The number of carbonyl (C=O) groups is 3. The number of phosphoric acid groups is 2. The number of phosphoric ester groups is 2. The lowest BCUT2D eigenvalue weighted by Gasteiger charge is -2.21. The quantitative estimate of drug-likeness (QED) is 0.0146. The Morgan fingerprint density at radius 2 is 0.525 bits per heavy atom. The van der Waals surface area contributed by atoms with Crippen molar-refractivity contribution < 1.29 is 75.8 Å². The molecule has 0 aliphatic carbocycles. The van der Waals surface area contributed by atoms with E-state index < -0.39 is 91.5 Å². The van der Waals surface area contributed by atoms with Crippen LogP contribution in [-0.4, -0.2) is 95.9 Å². The molecule has 101 heavy (non-hydrogen) atoms. The van der Waals surface area contributed by atoms with Gasteiger partial charge in [-0.2, -0.15) is 0 Å². The van der Waals surface area contributed by atoms with Gasteiger partial charge in [-0.25, -0.2) is 9.13 Å². The lowest BCUT2D eigenvalue weighted by Crippen LogP contribution is -2.30. The molecule has 0 aliphatic rings. The molecule has 5 atom stereocenters. The summed E-state index contributed by atoms with van der Waals surface area (Å²) in [5.74, 6) is -1.61. The zero-order valence-electron chi connectivity index (χ0n) is 63.3. The summed E-state index contributed by atoms with van der Waals surface area (Å²) >= 11 is 0. The summed E-state index contributed by atoms with van der Waals surface area (Å²) in [6, 6.07) is 0. The highest BCUT2D eigenvalue weighted by Crippen LogP contribution is 2.45. The topological polar surface area (TPSA) is 231 Å². The Balaban J connectivity index is 4.49. The zero-order valence-corrected chi connectivity index (χ0v) is 65.1. The number of carbonyl (C=O) groups excluding carboxylic acids is 3. The van der Waals surface area contributed by atoms with Crippen LogP contribution in [0.4, 0.5) is 0 Å². The third-order valence-corrected chi connectivity index (χ3v) is 18.2. The van der Waals surface area contributed by atoms with E-state index >= 15 is 0 Å². The largest absolute Gasteiger partial charge is 0.472 e. The van der Waals surface area contributed by atoms with Crippen LogP contribution in [0.15, 0.2) is 134 Å². The summed E-state index contributed by atoms with van der Waals surface area (Å²) < 4.78 is 61.1. The number of ether oxygens (including phenoxy) is 3. The van der Waals surface area contributed by atoms with E-state index in [4.69, 9.17) is 32.3 Å². The molecule has 580 valence electrons. The number of allylic oxidation sites excluding steroid dienone is 22. The van der Waals surface area contributed by atoms with Crippen LogP contribution in [0.1, 0.15) is 316 Å². The summed E-state index contributed by atoms with van der Waals surface area (Å²) in [6.07, 6.45) is 90.8. The zero-order chi connectivity index (χ0) is 73.7. The smallest absolute Gasteiger partial charge is 0.463 e. The predicted octanol–water partition coefficient (Wildman–Crippen LogP) is 23.1. The molecule has 0 heterocycles. The number of unbranched alkanes of at least 4 members (excludes halogenated alkanes) is 29. The van der Waals surface area contributed by atoms with Gasteiger partial charge in [0, 0.05) is 19.3 Å². The van der Waals surface area contributed by atoms with E-state index in [1.807, 2.05) is 0 Å². The van der Waals surface area contributed by atoms with Gasteiger partial charge in [0.15, 0.2) is 6.10 Å². The Bertz CT molecular complexity index is 2370. The number of rotatable bonds is 74. The van der Waals surface area contributed by atoms with Crippen LogP contribution in [0.5, 0.6) is 0 Å². The molecule has 0 amide bonds. The summed E-state index contributed by atoms with van der Waals surface area (Å²) in [6.45, 7) is 2.40. The van der Waals surface area contributed by atoms with Crippen molar-refractivity contribution in [2.45, 2.75) is 334 Å². The van der Waals surface area contributed by atoms with Gasteiger partial charge < -0.3 is 34.2 Å². The molecule has 0 bridgehead atoms. The van der Waals surface area contributed by atoms with Gasteiger partial charge in [0.2, 0.25) is 0 Å². The lowest BCUT2D eigenvalue weighted by molar-refractivity contribution is -0.161. The van der Waals surface area contributed by atoms with Gasteiger partial charge in [-0.3, -0.25) is 32.5 Å². The van der Waals surface area contributed by atoms with Crippen LogP contribution in [0, 0.1) is 0 Å². The molecule has 0 saturated carbocycles. The molecule has 16 nitrogen and oxygen atoms in total. The van der Waals surface area contributed by atoms with Crippen LogP contribution >= 0.6 is 15.6 Å². The van der Waals surface area contributed by atoms with Crippen molar-refractivity contribution in [3.05, 3.63) is 134 Å². The number of hydrogen-bond donors (Lipinski definition) is 4. The second-order valence-electron chi connectivity index (χ2n) is 26.1. The highest BCUT2D eigenvalue weighted by molar-refractivity contribution is 7.47. The Morgan fingerprint density at radius 3 is 0.832 bits per heavy atom. The summed E-state index contributed by atoms with van der Waals surface area (Å²) in [5, 5.41) is 20.6. The van der Waals surface area contributed by atoms with Crippen molar-refractivity contribution in [1.82, 2.24) is 0 Å². The van der Waals surface area contributed by atoms with Crippen LogP contribution in [0.25, 0.3) is 0 Å². The van der Waals surface area contributed by atoms with Crippen molar-refractivity contribution in [3.63, 3.8) is 0 Å². The minimum Gasteiger partial charge on any atom is -0.463 e. The van der Waals surface area contributed by atoms with Crippen LogP contribution in [0.2, 0.25) is 0 Å². The number of esters is 3. The Labute approximate surface area is 614 Å². The average molecular weight is 1460 g/mol. The fourth-order valence-corrected chi connectivity index (χ4v) is 12.0. The fraction of sp³-hybridized carbons (Fsp3) is 0.699. The first-order chi connectivity index (χ1) is 49.2. The van der Waals surface area contributed by atoms with Gasteiger partial charge in [0.25, 0.3) is 0 Å². The van der Waals surface area contributed by atoms with E-state index in [2.05, 4.69) is 154 Å². The number of aliphatic hydroxyl groups is 2. The second kappa shape index (κ2) is 75.4. The SMILES string of the molecule is CC/C=C\C/C=C\C/C=C\C/C=C\C/C=C\CCCCCCCCCCCCCCCCCC(=O)OCC(O)COP(=O)(O)OCC(O)COP(=O)(O)OCC(COC(=O)CCCCCCCC/C=C\C/C=C\C/C=C\CCCCC)OC(=O)CCCCCCC/C=C\C/C=C\C/C=C\CC. The molecule has 0 aromatic heterocycles. The van der Waals surface area contributed by atoms with Crippen molar-refractivity contribution in [1.29, 1.82) is 0 Å². The van der Waals surface area contributed by atoms with Crippen molar-refractivity contribution in [2.24, 2.45) is 0 Å². The lowest BCUT2D eigenvalue weighted by atomic mass is 10.0. The normalized spacial score (nSPS) is 14.7. The summed E-state index contributed by atoms with van der Waals surface area (Å²) in [7, 11) is -9.80. The van der Waals surface area contributed by atoms with Crippen LogP contribution < -0.4 is 0 Å². The predicted molar refractivity (Wildman–Crippen MR) is 417 cm³/mol. The standard InChI is InChI=1S/C83H142O16P2/c1-4-7-10-13-16-19-22-25-28-30-32-33-34-35-36-37-38-39-40-41-42-43-45-47-49-51-54-57-60-63-66-69-81(86)93-72-78(84)73-95-100(89,90)96-74-79(85)75-97-101(91,92)98-77-80(99-83(88)71-68-65-62-59-56-53-48-27-24-21-18-15-12-9-6-3)76-94-82(87)70-67-64-61-58-55-52-50-46-44-31-29-26-23-20-17-14-11-8-5-2/h7,9-10,12,16-21,25-29,32-33,35-36,44,46,48,78-80,84-85H,4-6,8,11,13-15,22-24,30-31,34,37-43,45,47,49-77H2,1-3H3,(H,89,90)(H,91,92)/b10-7-,12-9-,19-16-,20-17-,21-18-,28-25-,29-26-,33-32-,36-35-,46-44-,48-27-. The van der Waals surface area contributed by atoms with Gasteiger partial charge in [-0.1, -0.05) is 296 Å².